The molecule has 0 saturated carbocycles. The first-order chi connectivity index (χ1) is 14.7. The van der Waals surface area contributed by atoms with Gasteiger partial charge >= 0.3 is 0 Å². The predicted octanol–water partition coefficient (Wildman–Crippen LogP) is 4.71. The number of amides is 2. The summed E-state index contributed by atoms with van der Waals surface area (Å²) < 4.78 is 5.79. The Hall–Kier alpha value is -2.53. The lowest BCUT2D eigenvalue weighted by Gasteiger charge is -2.31. The molecule has 0 aliphatic heterocycles. The first-order valence-corrected chi connectivity index (χ1v) is 11.1. The summed E-state index contributed by atoms with van der Waals surface area (Å²) in [5.74, 6) is 0.236. The fourth-order valence-electron chi connectivity index (χ4n) is 3.49. The molecule has 6 heteroatoms. The summed E-state index contributed by atoms with van der Waals surface area (Å²) in [7, 11) is 0. The third kappa shape index (κ3) is 7.28. The van der Waals surface area contributed by atoms with Crippen molar-refractivity contribution in [2.45, 2.75) is 59.5 Å². The van der Waals surface area contributed by atoms with Crippen molar-refractivity contribution >= 4 is 23.4 Å². The van der Waals surface area contributed by atoms with Crippen LogP contribution in [0.3, 0.4) is 0 Å². The Morgan fingerprint density at radius 2 is 1.71 bits per heavy atom. The first kappa shape index (κ1) is 24.7. The highest BCUT2D eigenvalue weighted by Crippen LogP contribution is 2.26. The lowest BCUT2D eigenvalue weighted by molar-refractivity contribution is -0.142. The van der Waals surface area contributed by atoms with Gasteiger partial charge < -0.3 is 15.0 Å². The molecule has 2 amide bonds. The van der Waals surface area contributed by atoms with Crippen LogP contribution in [0.2, 0.25) is 5.02 Å². The van der Waals surface area contributed by atoms with Gasteiger partial charge in [-0.2, -0.15) is 0 Å². The van der Waals surface area contributed by atoms with Crippen LogP contribution in [-0.4, -0.2) is 41.9 Å². The van der Waals surface area contributed by atoms with Gasteiger partial charge in [-0.1, -0.05) is 48.9 Å². The van der Waals surface area contributed by atoms with Crippen molar-refractivity contribution in [3.63, 3.8) is 0 Å². The molecule has 0 saturated heterocycles. The summed E-state index contributed by atoms with van der Waals surface area (Å²) in [6, 6.07) is 13.0. The zero-order chi connectivity index (χ0) is 23.0. The number of benzene rings is 2. The molecule has 0 aromatic heterocycles. The molecule has 0 spiro atoms. The van der Waals surface area contributed by atoms with Crippen molar-refractivity contribution in [2.75, 3.05) is 13.2 Å². The highest BCUT2D eigenvalue weighted by Gasteiger charge is 2.28. The van der Waals surface area contributed by atoms with Gasteiger partial charge in [0.25, 0.3) is 5.91 Å². The number of nitrogens with zero attached hydrogens (tertiary/aromatic N) is 1. The number of nitrogens with one attached hydrogen (secondary N) is 1. The van der Waals surface area contributed by atoms with E-state index in [1.807, 2.05) is 77.1 Å². The Balaban J connectivity index is 2.16. The van der Waals surface area contributed by atoms with E-state index >= 15 is 0 Å². The van der Waals surface area contributed by atoms with E-state index in [1.165, 1.54) is 0 Å². The number of aryl methyl sites for hydroxylation is 2. The Morgan fingerprint density at radius 3 is 2.26 bits per heavy atom. The van der Waals surface area contributed by atoms with Crippen LogP contribution in [0.5, 0.6) is 5.75 Å². The summed E-state index contributed by atoms with van der Waals surface area (Å²) in [5.41, 5.74) is 2.91. The van der Waals surface area contributed by atoms with Gasteiger partial charge in [0, 0.05) is 17.6 Å². The van der Waals surface area contributed by atoms with Gasteiger partial charge in [0.15, 0.2) is 6.61 Å². The van der Waals surface area contributed by atoms with Crippen molar-refractivity contribution in [1.29, 1.82) is 0 Å². The largest absolute Gasteiger partial charge is 0.484 e. The molecule has 1 atom stereocenters. The second-order valence-electron chi connectivity index (χ2n) is 8.07. The first-order valence-electron chi connectivity index (χ1n) is 10.8. The van der Waals surface area contributed by atoms with Gasteiger partial charge in [0.05, 0.1) is 0 Å². The van der Waals surface area contributed by atoms with Crippen LogP contribution in [0, 0.1) is 13.8 Å². The third-order valence-electron chi connectivity index (χ3n) is 5.07. The molecular weight excluding hydrogens is 412 g/mol. The van der Waals surface area contributed by atoms with Crippen molar-refractivity contribution in [2.24, 2.45) is 0 Å². The number of hydrogen-bond acceptors (Lipinski definition) is 3. The Bertz CT molecular complexity index is 861. The quantitative estimate of drug-likeness (QED) is 0.577. The van der Waals surface area contributed by atoms with Crippen LogP contribution < -0.4 is 10.1 Å². The highest BCUT2D eigenvalue weighted by atomic mass is 35.5. The molecule has 0 radical (unpaired) electrons. The molecule has 0 fully saturated rings. The standard InChI is InChI=1S/C25H33ClN2O3/c1-6-22(25(30)27-17(2)3)28(13-12-20-10-8-7-9-11-20)23(29)16-31-21-14-18(4)24(26)19(5)15-21/h7-11,14-15,17,22H,6,12-13,16H2,1-5H3,(H,27,30)/t22-/m1/s1. The fourth-order valence-corrected chi connectivity index (χ4v) is 3.60. The molecule has 0 unspecified atom stereocenters. The topological polar surface area (TPSA) is 58.6 Å². The average Bonchev–Trinajstić information content (AvgIpc) is 2.73. The number of ether oxygens (including phenoxy) is 1. The van der Waals surface area contributed by atoms with E-state index in [1.54, 1.807) is 4.90 Å². The highest BCUT2D eigenvalue weighted by molar-refractivity contribution is 6.32. The van der Waals surface area contributed by atoms with Crippen molar-refractivity contribution in [3.8, 4) is 5.75 Å². The number of rotatable bonds is 10. The molecule has 2 aromatic carbocycles. The van der Waals surface area contributed by atoms with Crippen molar-refractivity contribution < 1.29 is 14.3 Å². The second-order valence-corrected chi connectivity index (χ2v) is 8.45. The monoisotopic (exact) mass is 444 g/mol. The van der Waals surface area contributed by atoms with Gasteiger partial charge in [-0.15, -0.1) is 0 Å². The maximum Gasteiger partial charge on any atom is 0.261 e. The summed E-state index contributed by atoms with van der Waals surface area (Å²) in [6.45, 7) is 9.85. The zero-order valence-electron chi connectivity index (χ0n) is 19.1. The minimum atomic E-state index is -0.545. The molecule has 0 aliphatic carbocycles. The van der Waals surface area contributed by atoms with Crippen LogP contribution in [0.4, 0.5) is 0 Å². The predicted molar refractivity (Wildman–Crippen MR) is 126 cm³/mol. The molecule has 0 bridgehead atoms. The number of halogens is 1. The number of hydrogen-bond donors (Lipinski definition) is 1. The van der Waals surface area contributed by atoms with Crippen molar-refractivity contribution in [1.82, 2.24) is 10.2 Å². The van der Waals surface area contributed by atoms with E-state index in [0.717, 1.165) is 16.7 Å². The maximum absolute atomic E-state index is 13.2. The summed E-state index contributed by atoms with van der Waals surface area (Å²) in [6.07, 6.45) is 1.19. The molecule has 2 rings (SSSR count). The average molecular weight is 445 g/mol. The lowest BCUT2D eigenvalue weighted by atomic mass is 10.1. The van der Waals surface area contributed by atoms with Gasteiger partial charge in [0.2, 0.25) is 5.91 Å². The molecule has 2 aromatic rings. The third-order valence-corrected chi connectivity index (χ3v) is 5.67. The van der Waals surface area contributed by atoms with E-state index in [4.69, 9.17) is 16.3 Å². The van der Waals surface area contributed by atoms with Gasteiger partial charge in [-0.05, 0) is 69.4 Å². The SMILES string of the molecule is CC[C@H](C(=O)NC(C)C)N(CCc1ccccc1)C(=O)COc1cc(C)c(Cl)c(C)c1. The zero-order valence-corrected chi connectivity index (χ0v) is 19.8. The van der Waals surface area contributed by atoms with E-state index < -0.39 is 6.04 Å². The number of carbonyl (C=O) groups excluding carboxylic acids is 2. The summed E-state index contributed by atoms with van der Waals surface area (Å²) >= 11 is 6.22. The van der Waals surface area contributed by atoms with E-state index in [9.17, 15) is 9.59 Å². The summed E-state index contributed by atoms with van der Waals surface area (Å²) in [5, 5.41) is 3.63. The van der Waals surface area contributed by atoms with E-state index in [-0.39, 0.29) is 24.5 Å². The fraction of sp³-hybridized carbons (Fsp3) is 0.440. The molecule has 5 nitrogen and oxygen atoms in total. The Kier molecular flexibility index (Phi) is 9.38. The molecule has 31 heavy (non-hydrogen) atoms. The molecule has 0 aliphatic rings. The second kappa shape index (κ2) is 11.8. The maximum atomic E-state index is 13.2. The minimum absolute atomic E-state index is 0.00360. The molecule has 1 N–H and O–H groups in total. The molecule has 0 heterocycles. The van der Waals surface area contributed by atoms with Gasteiger partial charge in [-0.25, -0.2) is 0 Å². The van der Waals surface area contributed by atoms with Crippen LogP contribution in [0.25, 0.3) is 0 Å². The summed E-state index contributed by atoms with van der Waals surface area (Å²) in [4.78, 5) is 27.6. The van der Waals surface area contributed by atoms with Crippen molar-refractivity contribution in [3.05, 3.63) is 64.2 Å². The smallest absolute Gasteiger partial charge is 0.261 e. The van der Waals surface area contributed by atoms with E-state index in [0.29, 0.717) is 30.2 Å². The molecule has 168 valence electrons. The molecular formula is C25H33ClN2O3. The van der Waals surface area contributed by atoms with E-state index in [2.05, 4.69) is 5.32 Å². The Morgan fingerprint density at radius 1 is 1.10 bits per heavy atom. The minimum Gasteiger partial charge on any atom is -0.484 e. The number of carbonyl (C=O) groups is 2. The van der Waals surface area contributed by atoms with Gasteiger partial charge in [-0.3, -0.25) is 9.59 Å². The normalized spacial score (nSPS) is 11.8. The van der Waals surface area contributed by atoms with Crippen LogP contribution in [0.15, 0.2) is 42.5 Å². The lowest BCUT2D eigenvalue weighted by Crippen LogP contribution is -2.52. The van der Waals surface area contributed by atoms with Crippen LogP contribution >= 0.6 is 11.6 Å². The van der Waals surface area contributed by atoms with Gasteiger partial charge in [0.1, 0.15) is 11.8 Å². The van der Waals surface area contributed by atoms with Crippen LogP contribution in [-0.2, 0) is 16.0 Å². The van der Waals surface area contributed by atoms with Crippen LogP contribution in [0.1, 0.15) is 43.9 Å². The Labute approximate surface area is 190 Å².